The lowest BCUT2D eigenvalue weighted by molar-refractivity contribution is 0.0959. The van der Waals surface area contributed by atoms with E-state index in [-0.39, 0.29) is 15.7 Å². The molecule has 0 bridgehead atoms. The molecule has 0 aliphatic heterocycles. The largest absolute Gasteiger partial charge is 0.362 e. The highest BCUT2D eigenvalue weighted by molar-refractivity contribution is 6.39. The maximum atomic E-state index is 13.6. The van der Waals surface area contributed by atoms with Gasteiger partial charge in [0.2, 0.25) is 0 Å². The highest BCUT2D eigenvalue weighted by atomic mass is 35.5. The van der Waals surface area contributed by atoms with Crippen molar-refractivity contribution >= 4 is 46.5 Å². The molecule has 5 nitrogen and oxygen atoms in total. The van der Waals surface area contributed by atoms with Crippen LogP contribution in [0, 0.1) is 11.6 Å². The number of benzene rings is 2. The van der Waals surface area contributed by atoms with E-state index in [0.29, 0.717) is 18.8 Å². The molecule has 0 atom stereocenters. The van der Waals surface area contributed by atoms with Crippen LogP contribution in [0.1, 0.15) is 10.4 Å². The van der Waals surface area contributed by atoms with Crippen LogP contribution in [-0.4, -0.2) is 25.0 Å². The first-order valence-electron chi connectivity index (χ1n) is 8.30. The fourth-order valence-electron chi connectivity index (χ4n) is 2.55. The zero-order valence-corrected chi connectivity index (χ0v) is 16.7. The Morgan fingerprint density at radius 1 is 1.03 bits per heavy atom. The normalized spacial score (nSPS) is 10.2. The first kappa shape index (κ1) is 22.4. The minimum absolute atomic E-state index is 0.181. The zero-order valence-electron chi connectivity index (χ0n) is 15.1. The molecule has 0 saturated carbocycles. The Kier molecular flexibility index (Phi) is 7.75. The summed E-state index contributed by atoms with van der Waals surface area (Å²) in [7, 11) is 0. The lowest BCUT2D eigenvalue weighted by atomic mass is 10.2. The quantitative estimate of drug-likeness (QED) is 0.566. The number of halogens is 4. The number of imide groups is 1. The summed E-state index contributed by atoms with van der Waals surface area (Å²) < 4.78 is 27.3. The molecule has 2 aromatic carbocycles. The second kappa shape index (κ2) is 10.0. The summed E-state index contributed by atoms with van der Waals surface area (Å²) in [5.74, 6) is -3.40. The minimum Gasteiger partial charge on any atom is -0.362 e. The van der Waals surface area contributed by atoms with Crippen LogP contribution in [-0.2, 0) is 0 Å². The van der Waals surface area contributed by atoms with Gasteiger partial charge in [-0.3, -0.25) is 10.1 Å². The summed E-state index contributed by atoms with van der Waals surface area (Å²) in [6.07, 6.45) is 3.34. The third-order valence-corrected chi connectivity index (χ3v) is 4.28. The van der Waals surface area contributed by atoms with E-state index in [9.17, 15) is 18.4 Å². The highest BCUT2D eigenvalue weighted by Gasteiger charge is 2.20. The molecule has 9 heteroatoms. The molecule has 152 valence electrons. The van der Waals surface area contributed by atoms with E-state index in [1.807, 2.05) is 10.2 Å². The average Bonchev–Trinajstić information content (AvgIpc) is 2.61. The molecule has 3 amide bonds. The van der Waals surface area contributed by atoms with E-state index < -0.39 is 29.1 Å². The monoisotopic (exact) mass is 439 g/mol. The van der Waals surface area contributed by atoms with Crippen LogP contribution in [0.25, 0.3) is 0 Å². The molecule has 2 aromatic rings. The van der Waals surface area contributed by atoms with Gasteiger partial charge in [0.25, 0.3) is 5.91 Å². The molecule has 0 aromatic heterocycles. The van der Waals surface area contributed by atoms with E-state index in [0.717, 1.165) is 18.2 Å². The molecule has 0 unspecified atom stereocenters. The Hall–Kier alpha value is -2.90. The van der Waals surface area contributed by atoms with Crippen molar-refractivity contribution in [2.24, 2.45) is 0 Å². The van der Waals surface area contributed by atoms with Gasteiger partial charge in [-0.1, -0.05) is 41.4 Å². The van der Waals surface area contributed by atoms with Gasteiger partial charge in [0.1, 0.15) is 17.2 Å². The van der Waals surface area contributed by atoms with Crippen LogP contribution in [0.5, 0.6) is 0 Å². The zero-order chi connectivity index (χ0) is 21.6. The predicted molar refractivity (Wildman–Crippen MR) is 112 cm³/mol. The average molecular weight is 440 g/mol. The number of nitrogens with one attached hydrogen (secondary N) is 2. The molecule has 0 aliphatic carbocycles. The molecule has 29 heavy (non-hydrogen) atoms. The van der Waals surface area contributed by atoms with Gasteiger partial charge in [-0.2, -0.15) is 0 Å². The number of hydrogen-bond donors (Lipinski definition) is 2. The fraction of sp³-hybridized carbons (Fsp3) is 0.100. The van der Waals surface area contributed by atoms with Crippen molar-refractivity contribution in [1.29, 1.82) is 0 Å². The molecule has 0 spiro atoms. The van der Waals surface area contributed by atoms with Crippen LogP contribution in [0.4, 0.5) is 25.0 Å². The second-order valence-corrected chi connectivity index (χ2v) is 6.59. The van der Waals surface area contributed by atoms with E-state index >= 15 is 0 Å². The van der Waals surface area contributed by atoms with Crippen molar-refractivity contribution in [3.8, 4) is 0 Å². The Labute approximate surface area is 176 Å². The number of carbonyl (C=O) groups is 2. The van der Waals surface area contributed by atoms with Crippen molar-refractivity contribution in [3.05, 3.63) is 82.9 Å². The van der Waals surface area contributed by atoms with Crippen LogP contribution in [0.15, 0.2) is 55.6 Å². The van der Waals surface area contributed by atoms with Crippen molar-refractivity contribution in [3.63, 3.8) is 0 Å². The van der Waals surface area contributed by atoms with Crippen LogP contribution in [0.3, 0.4) is 0 Å². The van der Waals surface area contributed by atoms with Crippen LogP contribution < -0.4 is 15.5 Å². The van der Waals surface area contributed by atoms with Gasteiger partial charge in [-0.15, -0.1) is 13.2 Å². The molecule has 0 fully saturated rings. The van der Waals surface area contributed by atoms with E-state index in [1.54, 1.807) is 12.2 Å². The Morgan fingerprint density at radius 2 is 1.55 bits per heavy atom. The van der Waals surface area contributed by atoms with Crippen LogP contribution in [0.2, 0.25) is 10.0 Å². The first-order chi connectivity index (χ1) is 13.8. The molecule has 0 saturated heterocycles. The van der Waals surface area contributed by atoms with Crippen molar-refractivity contribution in [2.75, 3.05) is 23.3 Å². The minimum atomic E-state index is -1.23. The Balaban J connectivity index is 2.17. The van der Waals surface area contributed by atoms with Gasteiger partial charge in [0.15, 0.2) is 0 Å². The molecule has 0 aliphatic rings. The van der Waals surface area contributed by atoms with Gasteiger partial charge in [0.05, 0.1) is 15.7 Å². The number of carbonyl (C=O) groups excluding carboxylic acids is 2. The van der Waals surface area contributed by atoms with Crippen molar-refractivity contribution in [1.82, 2.24) is 5.32 Å². The van der Waals surface area contributed by atoms with Crippen molar-refractivity contribution < 1.29 is 18.4 Å². The fourth-order valence-corrected chi connectivity index (χ4v) is 3.28. The summed E-state index contributed by atoms with van der Waals surface area (Å²) in [6, 6.07) is 4.77. The smallest absolute Gasteiger partial charge is 0.326 e. The highest BCUT2D eigenvalue weighted by Crippen LogP contribution is 2.36. The van der Waals surface area contributed by atoms with Gasteiger partial charge >= 0.3 is 6.03 Å². The second-order valence-electron chi connectivity index (χ2n) is 5.78. The predicted octanol–water partition coefficient (Wildman–Crippen LogP) is 5.41. The third kappa shape index (κ3) is 5.56. The molecule has 2 rings (SSSR count). The third-order valence-electron chi connectivity index (χ3n) is 3.71. The van der Waals surface area contributed by atoms with Gasteiger partial charge in [0, 0.05) is 18.8 Å². The van der Waals surface area contributed by atoms with Crippen molar-refractivity contribution in [2.45, 2.75) is 0 Å². The van der Waals surface area contributed by atoms with Gasteiger partial charge in [-0.05, 0) is 24.3 Å². The molecule has 2 N–H and O–H groups in total. The van der Waals surface area contributed by atoms with Crippen LogP contribution >= 0.6 is 23.2 Å². The summed E-state index contributed by atoms with van der Waals surface area (Å²) >= 11 is 12.6. The maximum absolute atomic E-state index is 13.6. The molecular formula is C20H17Cl2F2N3O2. The number of amides is 3. The Bertz CT molecular complexity index is 913. The number of hydrogen-bond acceptors (Lipinski definition) is 3. The van der Waals surface area contributed by atoms with E-state index in [4.69, 9.17) is 23.2 Å². The topological polar surface area (TPSA) is 61.4 Å². The number of nitrogens with zero attached hydrogens (tertiary/aromatic N) is 1. The first-order valence-corrected chi connectivity index (χ1v) is 9.06. The summed E-state index contributed by atoms with van der Waals surface area (Å²) in [5.41, 5.74) is -0.164. The standard InChI is InChI=1S/C20H17Cl2F2N3O2/c1-3-8-27(9-4-2)18-13(21)10-12(11-14(18)22)25-20(29)26-19(28)17-15(23)6-5-7-16(17)24/h3-7,10-11H,1-2,8-9H2,(H2,25,26,28,29). The maximum Gasteiger partial charge on any atom is 0.326 e. The lowest BCUT2D eigenvalue weighted by Gasteiger charge is -2.24. The number of urea groups is 1. The Morgan fingerprint density at radius 3 is 2.03 bits per heavy atom. The van der Waals surface area contributed by atoms with E-state index in [1.165, 1.54) is 12.1 Å². The summed E-state index contributed by atoms with van der Waals surface area (Å²) in [4.78, 5) is 25.9. The number of anilines is 2. The van der Waals surface area contributed by atoms with E-state index in [2.05, 4.69) is 18.5 Å². The molecule has 0 radical (unpaired) electrons. The number of rotatable bonds is 7. The van der Waals surface area contributed by atoms with Gasteiger partial charge in [-0.25, -0.2) is 13.6 Å². The lowest BCUT2D eigenvalue weighted by Crippen LogP contribution is -2.35. The molecule has 0 heterocycles. The van der Waals surface area contributed by atoms with Gasteiger partial charge < -0.3 is 10.2 Å². The molecular weight excluding hydrogens is 423 g/mol. The summed E-state index contributed by atoms with van der Waals surface area (Å²) in [5, 5.41) is 4.68. The SMILES string of the molecule is C=CCN(CC=C)c1c(Cl)cc(NC(=O)NC(=O)c2c(F)cccc2F)cc1Cl. The summed E-state index contributed by atoms with van der Waals surface area (Å²) in [6.45, 7) is 8.27.